The Balaban J connectivity index is 1.66. The Labute approximate surface area is 179 Å². The van der Waals surface area contributed by atoms with Crippen molar-refractivity contribution < 1.29 is 16.8 Å². The first-order chi connectivity index (χ1) is 14.4. The number of sulfone groups is 1. The van der Waals surface area contributed by atoms with Crippen LogP contribution in [0.2, 0.25) is 0 Å². The van der Waals surface area contributed by atoms with E-state index < -0.39 is 25.1 Å². The second-order valence-corrected chi connectivity index (χ2v) is 11.7. The summed E-state index contributed by atoms with van der Waals surface area (Å²) in [4.78, 5) is 4.08. The first-order valence-corrected chi connectivity index (χ1v) is 12.9. The standard InChI is InChI=1S/C21H18N2O4S3/c24-29(25,21-8-4-12-28-21)20(18-7-3-11-22-14-18)15-23-30(26,27)19-10-9-16-5-1-2-6-17(16)13-19/h1-14,20,23H,15H2. The van der Waals surface area contributed by atoms with Crippen molar-refractivity contribution in [3.8, 4) is 0 Å². The molecule has 2 aromatic heterocycles. The van der Waals surface area contributed by atoms with Crippen molar-refractivity contribution in [2.75, 3.05) is 6.54 Å². The highest BCUT2D eigenvalue weighted by molar-refractivity contribution is 7.93. The first-order valence-electron chi connectivity index (χ1n) is 9.04. The van der Waals surface area contributed by atoms with E-state index in [2.05, 4.69) is 9.71 Å². The summed E-state index contributed by atoms with van der Waals surface area (Å²) in [5.74, 6) is 0. The molecule has 4 rings (SSSR count). The van der Waals surface area contributed by atoms with Crippen molar-refractivity contribution in [2.45, 2.75) is 14.4 Å². The maximum absolute atomic E-state index is 13.2. The molecule has 1 unspecified atom stereocenters. The minimum absolute atomic E-state index is 0.0830. The van der Waals surface area contributed by atoms with Gasteiger partial charge in [0.15, 0.2) is 9.84 Å². The number of sulfonamides is 1. The van der Waals surface area contributed by atoms with Gasteiger partial charge >= 0.3 is 0 Å². The molecule has 0 fully saturated rings. The topological polar surface area (TPSA) is 93.2 Å². The van der Waals surface area contributed by atoms with Crippen LogP contribution in [0.1, 0.15) is 10.8 Å². The van der Waals surface area contributed by atoms with Gasteiger partial charge in [-0.3, -0.25) is 4.98 Å². The van der Waals surface area contributed by atoms with E-state index in [4.69, 9.17) is 0 Å². The Morgan fingerprint density at radius 1 is 0.900 bits per heavy atom. The van der Waals surface area contributed by atoms with E-state index in [1.54, 1.807) is 35.7 Å². The van der Waals surface area contributed by atoms with Crippen molar-refractivity contribution in [3.63, 3.8) is 0 Å². The molecule has 30 heavy (non-hydrogen) atoms. The van der Waals surface area contributed by atoms with Crippen molar-refractivity contribution in [1.82, 2.24) is 9.71 Å². The lowest BCUT2D eigenvalue weighted by Gasteiger charge is -2.18. The van der Waals surface area contributed by atoms with Crippen LogP contribution < -0.4 is 4.72 Å². The van der Waals surface area contributed by atoms with Crippen LogP contribution in [0.25, 0.3) is 10.8 Å². The summed E-state index contributed by atoms with van der Waals surface area (Å²) in [5, 5.41) is 2.28. The predicted octanol–water partition coefficient (Wildman–Crippen LogP) is 3.79. The molecule has 2 heterocycles. The minimum Gasteiger partial charge on any atom is -0.264 e. The number of hydrogen-bond acceptors (Lipinski definition) is 6. The Morgan fingerprint density at radius 3 is 2.40 bits per heavy atom. The molecule has 4 aromatic rings. The van der Waals surface area contributed by atoms with Gasteiger partial charge in [0.1, 0.15) is 9.46 Å². The average molecular weight is 459 g/mol. The molecule has 1 N–H and O–H groups in total. The van der Waals surface area contributed by atoms with Gasteiger partial charge in [-0.1, -0.05) is 42.5 Å². The molecule has 0 radical (unpaired) electrons. The fourth-order valence-corrected chi connectivity index (χ4v) is 7.18. The van der Waals surface area contributed by atoms with Crippen molar-refractivity contribution in [3.05, 3.63) is 90.1 Å². The monoisotopic (exact) mass is 458 g/mol. The van der Waals surface area contributed by atoms with Gasteiger partial charge in [0.2, 0.25) is 10.0 Å². The van der Waals surface area contributed by atoms with Gasteiger partial charge < -0.3 is 0 Å². The summed E-state index contributed by atoms with van der Waals surface area (Å²) in [6.45, 7) is -0.304. The van der Waals surface area contributed by atoms with Crippen molar-refractivity contribution in [1.29, 1.82) is 0 Å². The molecule has 9 heteroatoms. The quantitative estimate of drug-likeness (QED) is 0.455. The van der Waals surface area contributed by atoms with Gasteiger partial charge in [0.25, 0.3) is 0 Å². The van der Waals surface area contributed by atoms with E-state index in [1.807, 2.05) is 24.3 Å². The van der Waals surface area contributed by atoms with Gasteiger partial charge in [-0.15, -0.1) is 11.3 Å². The highest BCUT2D eigenvalue weighted by atomic mass is 32.2. The molecule has 0 aliphatic rings. The zero-order valence-electron chi connectivity index (χ0n) is 15.7. The number of nitrogens with one attached hydrogen (secondary N) is 1. The largest absolute Gasteiger partial charge is 0.264 e. The summed E-state index contributed by atoms with van der Waals surface area (Å²) in [7, 11) is -7.71. The maximum atomic E-state index is 13.2. The normalized spacial score (nSPS) is 13.3. The van der Waals surface area contributed by atoms with Crippen LogP contribution in [-0.2, 0) is 19.9 Å². The molecular weight excluding hydrogens is 440 g/mol. The Morgan fingerprint density at radius 2 is 1.70 bits per heavy atom. The molecule has 154 valence electrons. The number of fused-ring (bicyclic) bond motifs is 1. The summed E-state index contributed by atoms with van der Waals surface area (Å²) in [5.41, 5.74) is 0.423. The molecule has 1 atom stereocenters. The Hall–Kier alpha value is -2.59. The van der Waals surface area contributed by atoms with Gasteiger partial charge in [0, 0.05) is 18.9 Å². The van der Waals surface area contributed by atoms with Crippen LogP contribution in [0.4, 0.5) is 0 Å². The number of thiophene rings is 1. The Bertz CT molecular complexity index is 1370. The molecule has 0 amide bonds. The van der Waals surface area contributed by atoms with E-state index in [9.17, 15) is 16.8 Å². The number of rotatable bonds is 7. The molecule has 0 saturated heterocycles. The molecular formula is C21H18N2O4S3. The third kappa shape index (κ3) is 4.15. The minimum atomic E-state index is -3.92. The lowest BCUT2D eigenvalue weighted by molar-refractivity contribution is 0.569. The molecule has 2 aromatic carbocycles. The van der Waals surface area contributed by atoms with Crippen LogP contribution >= 0.6 is 11.3 Å². The second kappa shape index (κ2) is 8.27. The van der Waals surface area contributed by atoms with Crippen molar-refractivity contribution in [2.24, 2.45) is 0 Å². The van der Waals surface area contributed by atoms with Gasteiger partial charge in [0.05, 0.1) is 4.90 Å². The number of aromatic nitrogens is 1. The maximum Gasteiger partial charge on any atom is 0.240 e. The fraction of sp³-hybridized carbons (Fsp3) is 0.0952. The van der Waals surface area contributed by atoms with E-state index in [0.717, 1.165) is 22.1 Å². The average Bonchev–Trinajstić information content (AvgIpc) is 3.30. The van der Waals surface area contributed by atoms with E-state index in [-0.39, 0.29) is 15.6 Å². The Kier molecular flexibility index (Phi) is 5.70. The molecule has 0 aliphatic heterocycles. The number of hydrogen-bond donors (Lipinski definition) is 1. The van der Waals surface area contributed by atoms with Crippen LogP contribution in [0, 0.1) is 0 Å². The summed E-state index contributed by atoms with van der Waals surface area (Å²) >= 11 is 1.10. The van der Waals surface area contributed by atoms with E-state index >= 15 is 0 Å². The van der Waals surface area contributed by atoms with E-state index in [1.165, 1.54) is 24.5 Å². The van der Waals surface area contributed by atoms with Gasteiger partial charge in [-0.2, -0.15) is 0 Å². The first kappa shape index (κ1) is 20.7. The van der Waals surface area contributed by atoms with Crippen molar-refractivity contribution >= 4 is 42.0 Å². The van der Waals surface area contributed by atoms with Crippen LogP contribution in [0.5, 0.6) is 0 Å². The SMILES string of the molecule is O=S(=O)(NCC(c1cccnc1)S(=O)(=O)c1cccs1)c1ccc2ccccc2c1. The zero-order valence-corrected chi connectivity index (χ0v) is 18.1. The van der Waals surface area contributed by atoms with Gasteiger partial charge in [-0.25, -0.2) is 21.6 Å². The fourth-order valence-electron chi connectivity index (χ4n) is 3.14. The lowest BCUT2D eigenvalue weighted by Crippen LogP contribution is -2.31. The number of pyridine rings is 1. The number of nitrogens with zero attached hydrogens (tertiary/aromatic N) is 1. The highest BCUT2D eigenvalue weighted by Crippen LogP contribution is 2.31. The zero-order chi connectivity index (χ0) is 21.2. The second-order valence-electron chi connectivity index (χ2n) is 6.61. The third-order valence-corrected chi connectivity index (χ3v) is 9.65. The molecule has 6 nitrogen and oxygen atoms in total. The summed E-state index contributed by atoms with van der Waals surface area (Å²) in [6.07, 6.45) is 2.98. The molecule has 0 aliphatic carbocycles. The smallest absolute Gasteiger partial charge is 0.240 e. The molecule has 0 bridgehead atoms. The summed E-state index contributed by atoms with van der Waals surface area (Å²) in [6, 6.07) is 18.7. The van der Waals surface area contributed by atoms with Crippen LogP contribution in [0.15, 0.2) is 93.6 Å². The van der Waals surface area contributed by atoms with Crippen LogP contribution in [-0.4, -0.2) is 28.4 Å². The highest BCUT2D eigenvalue weighted by Gasteiger charge is 2.31. The molecule has 0 saturated carbocycles. The van der Waals surface area contributed by atoms with E-state index in [0.29, 0.717) is 5.56 Å². The predicted molar refractivity (Wildman–Crippen MR) is 118 cm³/mol. The summed E-state index contributed by atoms with van der Waals surface area (Å²) < 4.78 is 54.8. The third-order valence-electron chi connectivity index (χ3n) is 4.70. The number of benzene rings is 2. The molecule has 0 spiro atoms. The van der Waals surface area contributed by atoms with Crippen LogP contribution in [0.3, 0.4) is 0 Å². The lowest BCUT2D eigenvalue weighted by atomic mass is 10.1. The van der Waals surface area contributed by atoms with Gasteiger partial charge in [-0.05, 0) is 46.0 Å².